The van der Waals surface area contributed by atoms with Crippen LogP contribution in [0, 0.1) is 0 Å². The molecule has 2 heteroatoms. The fraction of sp³-hybridized carbons (Fsp3) is 0.308. The summed E-state index contributed by atoms with van der Waals surface area (Å²) >= 11 is 0. The lowest BCUT2D eigenvalue weighted by molar-refractivity contribution is 0.474. The molecule has 0 amide bonds. The molecule has 0 radical (unpaired) electrons. The van der Waals surface area contributed by atoms with Crippen LogP contribution >= 0.6 is 0 Å². The molecule has 0 N–H and O–H groups in total. The lowest BCUT2D eigenvalue weighted by Gasteiger charge is -2.18. The first-order valence-electron chi connectivity index (χ1n) is 5.30. The van der Waals surface area contributed by atoms with Crippen molar-refractivity contribution in [1.29, 1.82) is 0 Å². The third-order valence-electron chi connectivity index (χ3n) is 2.51. The third-order valence-corrected chi connectivity index (χ3v) is 2.51. The van der Waals surface area contributed by atoms with Crippen LogP contribution in [-0.4, -0.2) is 29.9 Å². The highest BCUT2D eigenvalue weighted by atomic mass is 15.2. The van der Waals surface area contributed by atoms with Gasteiger partial charge in [-0.3, -0.25) is 4.99 Å². The summed E-state index contributed by atoms with van der Waals surface area (Å²) in [6.07, 6.45) is 1.93. The first-order valence-corrected chi connectivity index (χ1v) is 5.30. The van der Waals surface area contributed by atoms with Gasteiger partial charge in [-0.25, -0.2) is 0 Å². The quantitative estimate of drug-likeness (QED) is 0.684. The third kappa shape index (κ3) is 2.09. The molecule has 1 unspecified atom stereocenters. The van der Waals surface area contributed by atoms with Crippen molar-refractivity contribution in [2.24, 2.45) is 4.99 Å². The molecule has 0 saturated heterocycles. The molecule has 1 aromatic rings. The largest absolute Gasteiger partial charge is 0.351 e. The van der Waals surface area contributed by atoms with E-state index in [2.05, 4.69) is 35.5 Å². The van der Waals surface area contributed by atoms with Crippen molar-refractivity contribution < 1.29 is 0 Å². The normalized spacial score (nSPS) is 20.2. The fourth-order valence-electron chi connectivity index (χ4n) is 1.90. The van der Waals surface area contributed by atoms with E-state index in [0.717, 1.165) is 18.9 Å². The average molecular weight is 200 g/mol. The summed E-state index contributed by atoms with van der Waals surface area (Å²) in [5.41, 5.74) is 1.20. The molecule has 15 heavy (non-hydrogen) atoms. The Morgan fingerprint density at radius 3 is 2.87 bits per heavy atom. The van der Waals surface area contributed by atoms with Gasteiger partial charge >= 0.3 is 0 Å². The number of benzene rings is 1. The minimum absolute atomic E-state index is 0.389. The topological polar surface area (TPSA) is 15.6 Å². The van der Waals surface area contributed by atoms with Crippen molar-refractivity contribution in [3.05, 3.63) is 48.6 Å². The Labute approximate surface area is 90.9 Å². The fourth-order valence-corrected chi connectivity index (χ4v) is 1.90. The van der Waals surface area contributed by atoms with Crippen LogP contribution in [0.2, 0.25) is 0 Å². The second-order valence-corrected chi connectivity index (χ2v) is 3.86. The molecule has 1 aliphatic rings. The minimum atomic E-state index is 0.389. The number of rotatable bonds is 3. The van der Waals surface area contributed by atoms with Crippen LogP contribution in [-0.2, 0) is 0 Å². The Morgan fingerprint density at radius 1 is 1.47 bits per heavy atom. The van der Waals surface area contributed by atoms with Gasteiger partial charge in [0.2, 0.25) is 0 Å². The van der Waals surface area contributed by atoms with E-state index in [9.17, 15) is 0 Å². The highest BCUT2D eigenvalue weighted by Crippen LogP contribution is 2.14. The Morgan fingerprint density at radius 2 is 2.20 bits per heavy atom. The Kier molecular flexibility index (Phi) is 2.86. The smallest absolute Gasteiger partial charge is 0.131 e. The highest BCUT2D eigenvalue weighted by Gasteiger charge is 2.21. The lowest BCUT2D eigenvalue weighted by Crippen LogP contribution is -2.29. The molecule has 1 heterocycles. The zero-order valence-electron chi connectivity index (χ0n) is 9.06. The van der Waals surface area contributed by atoms with Crippen LogP contribution < -0.4 is 0 Å². The number of hydrogen-bond acceptors (Lipinski definition) is 2. The molecule has 0 spiro atoms. The van der Waals surface area contributed by atoms with Crippen molar-refractivity contribution >= 4 is 5.84 Å². The van der Waals surface area contributed by atoms with Crippen LogP contribution in [0.1, 0.15) is 12.5 Å². The molecule has 78 valence electrons. The van der Waals surface area contributed by atoms with E-state index in [1.807, 2.05) is 24.3 Å². The summed E-state index contributed by atoms with van der Waals surface area (Å²) in [7, 11) is 0. The van der Waals surface area contributed by atoms with Crippen LogP contribution in [0.5, 0.6) is 0 Å². The number of aliphatic imine (C=N–C) groups is 1. The number of hydrogen-bond donors (Lipinski definition) is 0. The number of amidine groups is 1. The maximum atomic E-state index is 4.65. The summed E-state index contributed by atoms with van der Waals surface area (Å²) < 4.78 is 0. The van der Waals surface area contributed by atoms with E-state index < -0.39 is 0 Å². The molecule has 0 fully saturated rings. The molecule has 0 bridgehead atoms. The Balaban J connectivity index is 2.26. The molecule has 0 aliphatic carbocycles. The van der Waals surface area contributed by atoms with E-state index >= 15 is 0 Å². The number of nitrogens with zero attached hydrogens (tertiary/aromatic N) is 2. The molecule has 2 rings (SSSR count). The first kappa shape index (κ1) is 9.97. The van der Waals surface area contributed by atoms with Gasteiger partial charge in [0.1, 0.15) is 5.84 Å². The van der Waals surface area contributed by atoms with Crippen molar-refractivity contribution in [3.8, 4) is 0 Å². The predicted molar refractivity (Wildman–Crippen MR) is 64.2 cm³/mol. The van der Waals surface area contributed by atoms with Gasteiger partial charge in [0.05, 0.1) is 6.04 Å². The lowest BCUT2D eigenvalue weighted by atomic mass is 10.2. The second kappa shape index (κ2) is 4.30. The van der Waals surface area contributed by atoms with Gasteiger partial charge in [0.25, 0.3) is 0 Å². The molecule has 1 aromatic carbocycles. The molecular weight excluding hydrogens is 184 g/mol. The van der Waals surface area contributed by atoms with Crippen LogP contribution in [0.4, 0.5) is 0 Å². The summed E-state index contributed by atoms with van der Waals surface area (Å²) in [6.45, 7) is 7.79. The van der Waals surface area contributed by atoms with Gasteiger partial charge in [0, 0.05) is 18.7 Å². The van der Waals surface area contributed by atoms with E-state index in [1.54, 1.807) is 0 Å². The van der Waals surface area contributed by atoms with E-state index in [1.165, 1.54) is 5.56 Å². The molecule has 1 aliphatic heterocycles. The Hall–Kier alpha value is -1.57. The van der Waals surface area contributed by atoms with Crippen molar-refractivity contribution in [2.45, 2.75) is 13.0 Å². The van der Waals surface area contributed by atoms with E-state index in [4.69, 9.17) is 0 Å². The summed E-state index contributed by atoms with van der Waals surface area (Å²) in [5.74, 6) is 1.10. The average Bonchev–Trinajstić information content (AvgIpc) is 2.62. The van der Waals surface area contributed by atoms with Gasteiger partial charge < -0.3 is 4.90 Å². The summed E-state index contributed by atoms with van der Waals surface area (Å²) in [5, 5.41) is 0. The molecule has 1 atom stereocenters. The maximum absolute atomic E-state index is 4.65. The minimum Gasteiger partial charge on any atom is -0.351 e. The van der Waals surface area contributed by atoms with Gasteiger partial charge in [0.15, 0.2) is 0 Å². The second-order valence-electron chi connectivity index (χ2n) is 3.86. The SMILES string of the molecule is C=CCN1CC(C)N=C1c1ccccc1. The summed E-state index contributed by atoms with van der Waals surface area (Å²) in [6, 6.07) is 10.7. The van der Waals surface area contributed by atoms with Gasteiger partial charge in [-0.15, -0.1) is 6.58 Å². The maximum Gasteiger partial charge on any atom is 0.131 e. The zero-order valence-corrected chi connectivity index (χ0v) is 9.06. The van der Waals surface area contributed by atoms with Crippen LogP contribution in [0.15, 0.2) is 48.0 Å². The van der Waals surface area contributed by atoms with Gasteiger partial charge in [-0.05, 0) is 6.92 Å². The van der Waals surface area contributed by atoms with Gasteiger partial charge in [-0.1, -0.05) is 36.4 Å². The molecule has 0 aromatic heterocycles. The molecule has 0 saturated carbocycles. The van der Waals surface area contributed by atoms with Crippen molar-refractivity contribution in [2.75, 3.05) is 13.1 Å². The highest BCUT2D eigenvalue weighted by molar-refractivity contribution is 6.00. The van der Waals surface area contributed by atoms with E-state index in [-0.39, 0.29) is 0 Å². The molecular formula is C13H16N2. The standard InChI is InChI=1S/C13H16N2/c1-3-9-15-10-11(2)14-13(15)12-7-5-4-6-8-12/h3-8,11H,1,9-10H2,2H3. The van der Waals surface area contributed by atoms with E-state index in [0.29, 0.717) is 6.04 Å². The monoisotopic (exact) mass is 200 g/mol. The van der Waals surface area contributed by atoms with Gasteiger partial charge in [-0.2, -0.15) is 0 Å². The van der Waals surface area contributed by atoms with Crippen LogP contribution in [0.25, 0.3) is 0 Å². The first-order chi connectivity index (χ1) is 7.31. The van der Waals surface area contributed by atoms with Crippen molar-refractivity contribution in [3.63, 3.8) is 0 Å². The zero-order chi connectivity index (χ0) is 10.7. The van der Waals surface area contributed by atoms with Crippen molar-refractivity contribution in [1.82, 2.24) is 4.90 Å². The predicted octanol–water partition coefficient (Wildman–Crippen LogP) is 2.32. The molecule has 2 nitrogen and oxygen atoms in total. The Bertz CT molecular complexity index is 367. The van der Waals surface area contributed by atoms with Crippen LogP contribution in [0.3, 0.4) is 0 Å². The summed E-state index contributed by atoms with van der Waals surface area (Å²) in [4.78, 5) is 6.92.